The fraction of sp³-hybridized carbons (Fsp3) is 0.455. The van der Waals surface area contributed by atoms with Gasteiger partial charge in [-0.05, 0) is 12.5 Å². The lowest BCUT2D eigenvalue weighted by Gasteiger charge is -2.21. The number of rotatable bonds is 8. The summed E-state index contributed by atoms with van der Waals surface area (Å²) in [5.74, 6) is 0.247. The first kappa shape index (κ1) is 24.8. The van der Waals surface area contributed by atoms with E-state index in [1.54, 1.807) is 11.5 Å². The quantitative estimate of drug-likeness (QED) is 0.377. The number of ether oxygens (including phenoxy) is 3. The largest absolute Gasteiger partial charge is 0.347 e. The highest BCUT2D eigenvalue weighted by molar-refractivity contribution is 7.51. The van der Waals surface area contributed by atoms with Crippen LogP contribution < -0.4 is 10.6 Å². The summed E-state index contributed by atoms with van der Waals surface area (Å²) in [5.41, 5.74) is 1.83. The number of aromatic nitrogens is 4. The molecule has 0 saturated carbocycles. The molecule has 192 valence electrons. The summed E-state index contributed by atoms with van der Waals surface area (Å²) in [4.78, 5) is 34.5. The highest BCUT2D eigenvalue weighted by Gasteiger charge is 2.54. The Morgan fingerprint density at radius 2 is 1.94 bits per heavy atom. The molecule has 36 heavy (non-hydrogen) atoms. The van der Waals surface area contributed by atoms with Crippen LogP contribution in [0.1, 0.15) is 18.7 Å². The highest BCUT2D eigenvalue weighted by atomic mass is 31.2. The molecule has 1 aromatic carbocycles. The number of carbonyl (C=O) groups excluding carboxylic acids is 1. The Morgan fingerprint density at radius 3 is 2.69 bits per heavy atom. The average Bonchev–Trinajstić information content (AvgIpc) is 3.52. The van der Waals surface area contributed by atoms with E-state index in [1.165, 1.54) is 12.7 Å². The van der Waals surface area contributed by atoms with Gasteiger partial charge in [-0.3, -0.25) is 14.4 Å². The van der Waals surface area contributed by atoms with Crippen LogP contribution in [0.5, 0.6) is 0 Å². The normalized spacial score (nSPS) is 27.0. The summed E-state index contributed by atoms with van der Waals surface area (Å²) in [6.45, 7) is 3.22. The van der Waals surface area contributed by atoms with E-state index < -0.39 is 44.5 Å². The zero-order valence-corrected chi connectivity index (χ0v) is 20.6. The molecule has 2 unspecified atom stereocenters. The zero-order valence-electron chi connectivity index (χ0n) is 19.7. The number of hydrogen-bond donors (Lipinski definition) is 3. The van der Waals surface area contributed by atoms with Crippen LogP contribution in [0.2, 0.25) is 0 Å². The molecule has 0 aliphatic carbocycles. The molecule has 5 rings (SSSR count). The van der Waals surface area contributed by atoms with Crippen molar-refractivity contribution in [2.24, 2.45) is 0 Å². The van der Waals surface area contributed by atoms with Crippen LogP contribution in [0.25, 0.3) is 11.2 Å². The van der Waals surface area contributed by atoms with Crippen LogP contribution >= 0.6 is 7.60 Å². The number of amides is 2. The molecular weight excluding hydrogens is 491 g/mol. The Morgan fingerprint density at radius 1 is 1.17 bits per heavy atom. The number of urea groups is 1. The molecule has 0 radical (unpaired) electrons. The molecule has 4 heterocycles. The molecule has 14 heteroatoms. The van der Waals surface area contributed by atoms with Crippen molar-refractivity contribution >= 4 is 30.6 Å². The molecule has 2 aliphatic rings. The molecular formula is C22H27N6O7P. The maximum absolute atomic E-state index is 12.0. The van der Waals surface area contributed by atoms with Gasteiger partial charge in [0.1, 0.15) is 24.6 Å². The number of carbonyl (C=O) groups is 1. The van der Waals surface area contributed by atoms with Crippen molar-refractivity contribution < 1.29 is 33.0 Å². The van der Waals surface area contributed by atoms with Gasteiger partial charge in [-0.25, -0.2) is 19.7 Å². The van der Waals surface area contributed by atoms with Gasteiger partial charge < -0.3 is 28.9 Å². The van der Waals surface area contributed by atoms with Gasteiger partial charge in [-0.1, -0.05) is 30.3 Å². The predicted octanol–water partition coefficient (Wildman–Crippen LogP) is 2.05. The summed E-state index contributed by atoms with van der Waals surface area (Å²) in [7, 11) is -3.73. The number of nitrogens with zero attached hydrogens (tertiary/aromatic N) is 4. The molecule has 0 spiro atoms. The molecule has 13 nitrogen and oxygen atoms in total. The van der Waals surface area contributed by atoms with E-state index in [4.69, 9.17) is 18.7 Å². The molecule has 6 atom stereocenters. The van der Waals surface area contributed by atoms with Gasteiger partial charge in [0, 0.05) is 19.6 Å². The Bertz CT molecular complexity index is 1270. The van der Waals surface area contributed by atoms with E-state index >= 15 is 0 Å². The number of anilines is 1. The van der Waals surface area contributed by atoms with Crippen molar-refractivity contribution in [3.8, 4) is 0 Å². The van der Waals surface area contributed by atoms with Gasteiger partial charge in [0.2, 0.25) is 0 Å². The summed E-state index contributed by atoms with van der Waals surface area (Å²) in [6, 6.07) is 9.38. The molecule has 0 bridgehead atoms. The van der Waals surface area contributed by atoms with Crippen LogP contribution in [0.4, 0.5) is 10.6 Å². The predicted molar refractivity (Wildman–Crippen MR) is 127 cm³/mol. The van der Waals surface area contributed by atoms with Crippen LogP contribution in [-0.2, 0) is 29.7 Å². The van der Waals surface area contributed by atoms with Gasteiger partial charge in [-0.2, -0.15) is 0 Å². The third-order valence-corrected chi connectivity index (χ3v) is 6.46. The number of fused-ring (bicyclic) bond motifs is 2. The summed E-state index contributed by atoms with van der Waals surface area (Å²) in [5, 5.41) is 5.31. The summed E-state index contributed by atoms with van der Waals surface area (Å²) >= 11 is 0. The molecule has 2 fully saturated rings. The minimum atomic E-state index is -3.73. The molecule has 3 aromatic rings. The Labute approximate surface area is 206 Å². The monoisotopic (exact) mass is 518 g/mol. The zero-order chi connectivity index (χ0) is 25.3. The van der Waals surface area contributed by atoms with E-state index in [2.05, 4.69) is 25.6 Å². The SMILES string of the molecule is CCNC(=O)Nc1ncnc2c1ncn2[C@@H]1O[C@H](COP(C)(=O)O)C2O[C@H](Cc3ccccc3)O[C@@H]21. The van der Waals surface area contributed by atoms with Crippen molar-refractivity contribution in [2.75, 3.05) is 25.1 Å². The minimum absolute atomic E-state index is 0.158. The number of imidazole rings is 1. The fourth-order valence-corrected chi connectivity index (χ4v) is 4.74. The maximum Gasteiger partial charge on any atom is 0.325 e. The third-order valence-electron chi connectivity index (χ3n) is 5.83. The van der Waals surface area contributed by atoms with E-state index in [1.807, 2.05) is 30.3 Å². The van der Waals surface area contributed by atoms with Crippen molar-refractivity contribution in [3.05, 3.63) is 48.5 Å². The second-order valence-electron chi connectivity index (χ2n) is 8.52. The molecule has 3 N–H and O–H groups in total. The summed E-state index contributed by atoms with van der Waals surface area (Å²) in [6.07, 6.45) is 0.324. The van der Waals surface area contributed by atoms with Crippen LogP contribution in [0.3, 0.4) is 0 Å². The van der Waals surface area contributed by atoms with Crippen molar-refractivity contribution in [2.45, 2.75) is 44.2 Å². The smallest absolute Gasteiger partial charge is 0.325 e. The first-order valence-electron chi connectivity index (χ1n) is 11.5. The van der Waals surface area contributed by atoms with E-state index in [0.717, 1.165) is 12.2 Å². The van der Waals surface area contributed by atoms with Crippen LogP contribution in [0.15, 0.2) is 43.0 Å². The van der Waals surface area contributed by atoms with Gasteiger partial charge in [-0.15, -0.1) is 0 Å². The van der Waals surface area contributed by atoms with Gasteiger partial charge in [0.25, 0.3) is 0 Å². The Kier molecular flexibility index (Phi) is 7.02. The van der Waals surface area contributed by atoms with Crippen molar-refractivity contribution in [3.63, 3.8) is 0 Å². The lowest BCUT2D eigenvalue weighted by Crippen LogP contribution is -2.31. The lowest BCUT2D eigenvalue weighted by molar-refractivity contribution is -0.148. The van der Waals surface area contributed by atoms with Crippen LogP contribution in [0, 0.1) is 0 Å². The number of nitrogens with one attached hydrogen (secondary N) is 2. The van der Waals surface area contributed by atoms with E-state index in [0.29, 0.717) is 24.1 Å². The van der Waals surface area contributed by atoms with E-state index in [-0.39, 0.29) is 12.4 Å². The van der Waals surface area contributed by atoms with E-state index in [9.17, 15) is 14.3 Å². The topological polar surface area (TPSA) is 159 Å². The van der Waals surface area contributed by atoms with Crippen molar-refractivity contribution in [1.82, 2.24) is 24.8 Å². The molecule has 2 amide bonds. The third kappa shape index (κ3) is 5.26. The lowest BCUT2D eigenvalue weighted by atomic mass is 10.1. The second-order valence-corrected chi connectivity index (χ2v) is 10.4. The molecule has 2 aliphatic heterocycles. The van der Waals surface area contributed by atoms with Gasteiger partial charge in [0.15, 0.2) is 29.5 Å². The first-order valence-corrected chi connectivity index (χ1v) is 13.5. The Balaban J connectivity index is 1.41. The van der Waals surface area contributed by atoms with Crippen LogP contribution in [-0.4, -0.2) is 74.9 Å². The standard InChI is InChI=1S/C22H27N6O7P/c1-3-23-22(29)27-19-16-20(25-11-24-19)28(12-26-16)21-18-17(14(33-21)10-32-36(2,30)31)34-15(35-18)9-13-7-5-4-6-8-13/h4-8,11-12,14-15,17-18,21H,3,9-10H2,1-2H3,(H,30,31)(H2,23,24,25,27,29)/t14-,15+,17?,18+,21-/m1/s1. The highest BCUT2D eigenvalue weighted by Crippen LogP contribution is 2.44. The first-order chi connectivity index (χ1) is 17.3. The second kappa shape index (κ2) is 10.2. The van der Waals surface area contributed by atoms with Gasteiger partial charge in [0.05, 0.1) is 12.9 Å². The molecule has 2 saturated heterocycles. The van der Waals surface area contributed by atoms with Gasteiger partial charge >= 0.3 is 13.6 Å². The minimum Gasteiger partial charge on any atom is -0.347 e. The molecule has 2 aromatic heterocycles. The van der Waals surface area contributed by atoms with Crippen molar-refractivity contribution in [1.29, 1.82) is 0 Å². The average molecular weight is 518 g/mol. The maximum atomic E-state index is 12.0. The number of benzene rings is 1. The summed E-state index contributed by atoms with van der Waals surface area (Å²) < 4.78 is 37.2. The Hall–Kier alpha value is -2.93. The fourth-order valence-electron chi connectivity index (χ4n) is 4.31. The number of hydrogen-bond acceptors (Lipinski definition) is 9.